The summed E-state index contributed by atoms with van der Waals surface area (Å²) in [6, 6.07) is 0. The summed E-state index contributed by atoms with van der Waals surface area (Å²) in [5.41, 5.74) is 1.51. The third-order valence-electron chi connectivity index (χ3n) is 5.20. The molecule has 3 rings (SSSR count). The molecule has 3 aliphatic heterocycles. The molecule has 0 radical (unpaired) electrons. The van der Waals surface area contributed by atoms with Crippen molar-refractivity contribution in [2.24, 2.45) is 10.9 Å². The van der Waals surface area contributed by atoms with Gasteiger partial charge in [0.25, 0.3) is 0 Å². The molecule has 0 aromatic heterocycles. The number of guanidine groups is 1. The molecule has 2 fully saturated rings. The summed E-state index contributed by atoms with van der Waals surface area (Å²) < 4.78 is 10.8. The zero-order valence-corrected chi connectivity index (χ0v) is 15.0. The van der Waals surface area contributed by atoms with Crippen LogP contribution in [0.4, 0.5) is 0 Å². The number of nitrogens with one attached hydrogen (secondary N) is 1. The van der Waals surface area contributed by atoms with Gasteiger partial charge in [0.1, 0.15) is 0 Å². The number of morpholine rings is 1. The van der Waals surface area contributed by atoms with Gasteiger partial charge in [-0.25, -0.2) is 0 Å². The highest BCUT2D eigenvalue weighted by molar-refractivity contribution is 5.80. The molecule has 0 aromatic rings. The first-order valence-electron chi connectivity index (χ1n) is 9.36. The molecule has 1 atom stereocenters. The summed E-state index contributed by atoms with van der Waals surface area (Å²) >= 11 is 0. The fourth-order valence-electron chi connectivity index (χ4n) is 3.78. The van der Waals surface area contributed by atoms with E-state index in [4.69, 9.17) is 9.47 Å². The second-order valence-electron chi connectivity index (χ2n) is 6.92. The van der Waals surface area contributed by atoms with Gasteiger partial charge in [-0.1, -0.05) is 11.6 Å². The lowest BCUT2D eigenvalue weighted by atomic mass is 10.1. The van der Waals surface area contributed by atoms with E-state index in [1.54, 1.807) is 0 Å². The number of rotatable bonds is 5. The van der Waals surface area contributed by atoms with Gasteiger partial charge in [0.15, 0.2) is 5.96 Å². The SMILES string of the molecule is CN=C(NCCC1=CCOCC1)N1CCC(CN2CCOCC2)C1. The third kappa shape index (κ3) is 5.19. The van der Waals surface area contributed by atoms with Crippen LogP contribution in [0, 0.1) is 5.92 Å². The quantitative estimate of drug-likeness (QED) is 0.460. The fraction of sp³-hybridized carbons (Fsp3) is 0.833. The maximum absolute atomic E-state index is 5.44. The van der Waals surface area contributed by atoms with Gasteiger partial charge in [-0.2, -0.15) is 0 Å². The molecule has 3 heterocycles. The van der Waals surface area contributed by atoms with Crippen LogP contribution in [0.2, 0.25) is 0 Å². The zero-order chi connectivity index (χ0) is 16.6. The van der Waals surface area contributed by atoms with Crippen LogP contribution in [0.25, 0.3) is 0 Å². The number of hydrogen-bond donors (Lipinski definition) is 1. The van der Waals surface area contributed by atoms with Gasteiger partial charge in [-0.05, 0) is 25.2 Å². The molecular weight excluding hydrogens is 304 g/mol. The van der Waals surface area contributed by atoms with E-state index in [0.29, 0.717) is 0 Å². The Morgan fingerprint density at radius 3 is 2.88 bits per heavy atom. The van der Waals surface area contributed by atoms with Crippen LogP contribution in [0.3, 0.4) is 0 Å². The van der Waals surface area contributed by atoms with E-state index in [9.17, 15) is 0 Å². The predicted octanol–water partition coefficient (Wildman–Crippen LogP) is 0.953. The molecule has 0 aliphatic carbocycles. The molecule has 0 aromatic carbocycles. The molecular formula is C18H32N4O2. The highest BCUT2D eigenvalue weighted by Gasteiger charge is 2.26. The molecule has 0 bridgehead atoms. The van der Waals surface area contributed by atoms with E-state index in [0.717, 1.165) is 83.9 Å². The summed E-state index contributed by atoms with van der Waals surface area (Å²) in [6.07, 6.45) is 5.65. The standard InChI is InChI=1S/C18H32N4O2/c1-19-18(20-6-2-16-4-10-23-11-5-16)22-7-3-17(15-22)14-21-8-12-24-13-9-21/h4,17H,2-3,5-15H2,1H3,(H,19,20). The minimum Gasteiger partial charge on any atom is -0.379 e. The Morgan fingerprint density at radius 2 is 2.12 bits per heavy atom. The third-order valence-corrected chi connectivity index (χ3v) is 5.20. The predicted molar refractivity (Wildman–Crippen MR) is 96.4 cm³/mol. The van der Waals surface area contributed by atoms with Crippen LogP contribution < -0.4 is 5.32 Å². The summed E-state index contributed by atoms with van der Waals surface area (Å²) in [5, 5.41) is 3.54. The molecule has 3 aliphatic rings. The van der Waals surface area contributed by atoms with E-state index in [2.05, 4.69) is 26.2 Å². The number of aliphatic imine (C=N–C) groups is 1. The minimum absolute atomic E-state index is 0.750. The molecule has 24 heavy (non-hydrogen) atoms. The van der Waals surface area contributed by atoms with Crippen LogP contribution in [-0.4, -0.2) is 88.5 Å². The Labute approximate surface area is 145 Å². The largest absolute Gasteiger partial charge is 0.379 e. The summed E-state index contributed by atoms with van der Waals surface area (Å²) in [5.74, 6) is 1.81. The van der Waals surface area contributed by atoms with E-state index < -0.39 is 0 Å². The van der Waals surface area contributed by atoms with E-state index in [1.807, 2.05) is 7.05 Å². The van der Waals surface area contributed by atoms with Crippen molar-refractivity contribution in [1.29, 1.82) is 0 Å². The van der Waals surface area contributed by atoms with Crippen molar-refractivity contribution in [1.82, 2.24) is 15.1 Å². The lowest BCUT2D eigenvalue weighted by molar-refractivity contribution is 0.0315. The van der Waals surface area contributed by atoms with Gasteiger partial charge in [0.2, 0.25) is 0 Å². The maximum atomic E-state index is 5.44. The smallest absolute Gasteiger partial charge is 0.193 e. The van der Waals surface area contributed by atoms with Gasteiger partial charge >= 0.3 is 0 Å². The van der Waals surface area contributed by atoms with Crippen molar-refractivity contribution < 1.29 is 9.47 Å². The first-order chi connectivity index (χ1) is 11.8. The maximum Gasteiger partial charge on any atom is 0.193 e. The highest BCUT2D eigenvalue weighted by atomic mass is 16.5. The average Bonchev–Trinajstić information content (AvgIpc) is 3.09. The van der Waals surface area contributed by atoms with Gasteiger partial charge in [-0.15, -0.1) is 0 Å². The van der Waals surface area contributed by atoms with E-state index >= 15 is 0 Å². The van der Waals surface area contributed by atoms with Gasteiger partial charge < -0.3 is 19.7 Å². The summed E-state index contributed by atoms with van der Waals surface area (Å²) in [4.78, 5) is 9.45. The van der Waals surface area contributed by atoms with Crippen molar-refractivity contribution in [2.45, 2.75) is 19.3 Å². The highest BCUT2D eigenvalue weighted by Crippen LogP contribution is 2.18. The Hall–Kier alpha value is -1.11. The lowest BCUT2D eigenvalue weighted by Gasteiger charge is -2.29. The minimum atomic E-state index is 0.750. The Kier molecular flexibility index (Phi) is 6.93. The van der Waals surface area contributed by atoms with Crippen LogP contribution in [0.15, 0.2) is 16.6 Å². The van der Waals surface area contributed by atoms with Gasteiger partial charge in [0.05, 0.1) is 26.4 Å². The Balaban J connectivity index is 1.38. The van der Waals surface area contributed by atoms with Crippen molar-refractivity contribution in [3.05, 3.63) is 11.6 Å². The van der Waals surface area contributed by atoms with Crippen LogP contribution in [0.1, 0.15) is 19.3 Å². The van der Waals surface area contributed by atoms with Crippen molar-refractivity contribution in [3.63, 3.8) is 0 Å². The van der Waals surface area contributed by atoms with Crippen molar-refractivity contribution in [3.8, 4) is 0 Å². The zero-order valence-electron chi connectivity index (χ0n) is 15.0. The molecule has 2 saturated heterocycles. The molecule has 6 nitrogen and oxygen atoms in total. The second kappa shape index (κ2) is 9.39. The van der Waals surface area contributed by atoms with Gasteiger partial charge in [-0.3, -0.25) is 9.89 Å². The molecule has 136 valence electrons. The van der Waals surface area contributed by atoms with E-state index in [1.165, 1.54) is 18.5 Å². The molecule has 0 amide bonds. The number of ether oxygens (including phenoxy) is 2. The molecule has 0 spiro atoms. The van der Waals surface area contributed by atoms with Crippen LogP contribution in [-0.2, 0) is 9.47 Å². The summed E-state index contributed by atoms with van der Waals surface area (Å²) in [7, 11) is 1.89. The monoisotopic (exact) mass is 336 g/mol. The second-order valence-corrected chi connectivity index (χ2v) is 6.92. The molecule has 1 N–H and O–H groups in total. The Morgan fingerprint density at radius 1 is 1.25 bits per heavy atom. The van der Waals surface area contributed by atoms with E-state index in [-0.39, 0.29) is 0 Å². The molecule has 0 saturated carbocycles. The van der Waals surface area contributed by atoms with Gasteiger partial charge in [0, 0.05) is 46.3 Å². The van der Waals surface area contributed by atoms with Crippen LogP contribution in [0.5, 0.6) is 0 Å². The summed E-state index contributed by atoms with van der Waals surface area (Å²) in [6.45, 7) is 9.99. The number of likely N-dealkylation sites (tertiary alicyclic amines) is 1. The fourth-order valence-corrected chi connectivity index (χ4v) is 3.78. The lowest BCUT2D eigenvalue weighted by Crippen LogP contribution is -2.42. The first-order valence-corrected chi connectivity index (χ1v) is 9.36. The molecule has 6 heteroatoms. The molecule has 1 unspecified atom stereocenters. The first kappa shape index (κ1) is 17.7. The number of nitrogens with zero attached hydrogens (tertiary/aromatic N) is 3. The topological polar surface area (TPSA) is 49.3 Å². The van der Waals surface area contributed by atoms with Crippen LogP contribution >= 0.6 is 0 Å². The van der Waals surface area contributed by atoms with Crippen molar-refractivity contribution >= 4 is 5.96 Å². The number of hydrogen-bond acceptors (Lipinski definition) is 4. The average molecular weight is 336 g/mol. The Bertz CT molecular complexity index is 446. The normalized spacial score (nSPS) is 26.5. The van der Waals surface area contributed by atoms with Crippen molar-refractivity contribution in [2.75, 3.05) is 72.7 Å².